The first-order valence-electron chi connectivity index (χ1n) is 5.61. The molecule has 0 saturated heterocycles. The van der Waals surface area contributed by atoms with E-state index in [2.05, 4.69) is 20.3 Å². The highest BCUT2D eigenvalue weighted by molar-refractivity contribution is 5.52. The van der Waals surface area contributed by atoms with Gasteiger partial charge in [0.05, 0.1) is 0 Å². The van der Waals surface area contributed by atoms with Gasteiger partial charge in [-0.2, -0.15) is 9.97 Å². The lowest BCUT2D eigenvalue weighted by atomic mass is 10.2. The second-order valence-electron chi connectivity index (χ2n) is 3.93. The Morgan fingerprint density at radius 2 is 2.00 bits per heavy atom. The van der Waals surface area contributed by atoms with Gasteiger partial charge in [-0.05, 0) is 17.7 Å². The average molecular weight is 244 g/mol. The molecule has 0 bridgehead atoms. The van der Waals surface area contributed by atoms with Gasteiger partial charge in [-0.3, -0.25) is 4.98 Å². The van der Waals surface area contributed by atoms with Crippen LogP contribution in [0.3, 0.4) is 0 Å². The van der Waals surface area contributed by atoms with Gasteiger partial charge >= 0.3 is 0 Å². The summed E-state index contributed by atoms with van der Waals surface area (Å²) in [5.74, 6) is 1.75. The number of nitrogens with one attached hydrogen (secondary N) is 1. The fourth-order valence-corrected chi connectivity index (χ4v) is 1.62. The van der Waals surface area contributed by atoms with Crippen molar-refractivity contribution in [2.24, 2.45) is 0 Å². The molecule has 0 fully saturated rings. The van der Waals surface area contributed by atoms with Gasteiger partial charge in [-0.1, -0.05) is 0 Å². The Kier molecular flexibility index (Phi) is 3.57. The van der Waals surface area contributed by atoms with Crippen LogP contribution in [0.5, 0.6) is 0 Å². The molecule has 2 rings (SSSR count). The first-order valence-corrected chi connectivity index (χ1v) is 5.61. The molecule has 2 aromatic rings. The molecule has 6 nitrogen and oxygen atoms in total. The highest BCUT2D eigenvalue weighted by Gasteiger charge is 2.07. The molecule has 3 N–H and O–H groups in total. The summed E-state index contributed by atoms with van der Waals surface area (Å²) in [5, 5.41) is 2.96. The molecule has 6 heteroatoms. The Labute approximate surface area is 106 Å². The minimum Gasteiger partial charge on any atom is -0.373 e. The molecule has 18 heavy (non-hydrogen) atoms. The van der Waals surface area contributed by atoms with Crippen LogP contribution >= 0.6 is 0 Å². The number of pyridine rings is 1. The fraction of sp³-hybridized carbons (Fsp3) is 0.250. The van der Waals surface area contributed by atoms with Crippen LogP contribution in [-0.4, -0.2) is 29.0 Å². The van der Waals surface area contributed by atoms with E-state index in [1.807, 2.05) is 30.1 Å². The lowest BCUT2D eigenvalue weighted by molar-refractivity contribution is 0.891. The van der Waals surface area contributed by atoms with Gasteiger partial charge < -0.3 is 16.0 Å². The van der Waals surface area contributed by atoms with E-state index in [-0.39, 0.29) is 5.95 Å². The minimum atomic E-state index is 0.262. The van der Waals surface area contributed by atoms with Crippen molar-refractivity contribution in [2.75, 3.05) is 30.0 Å². The van der Waals surface area contributed by atoms with E-state index >= 15 is 0 Å². The van der Waals surface area contributed by atoms with Gasteiger partial charge in [0.2, 0.25) is 5.95 Å². The molecule has 0 aliphatic rings. The Bertz CT molecular complexity index is 513. The molecule has 0 aliphatic carbocycles. The monoisotopic (exact) mass is 244 g/mol. The lowest BCUT2D eigenvalue weighted by Crippen LogP contribution is -2.19. The summed E-state index contributed by atoms with van der Waals surface area (Å²) in [6, 6.07) is 5.80. The summed E-state index contributed by atoms with van der Waals surface area (Å²) in [6.07, 6.45) is 3.55. The number of anilines is 3. The van der Waals surface area contributed by atoms with Crippen LogP contribution < -0.4 is 16.0 Å². The van der Waals surface area contributed by atoms with E-state index in [0.29, 0.717) is 5.82 Å². The summed E-state index contributed by atoms with van der Waals surface area (Å²) >= 11 is 0. The van der Waals surface area contributed by atoms with Crippen molar-refractivity contribution in [1.29, 1.82) is 0 Å². The van der Waals surface area contributed by atoms with Gasteiger partial charge in [-0.15, -0.1) is 0 Å². The Hall–Kier alpha value is -2.37. The van der Waals surface area contributed by atoms with Crippen molar-refractivity contribution < 1.29 is 0 Å². The van der Waals surface area contributed by atoms with E-state index < -0.39 is 0 Å². The molecule has 2 aromatic heterocycles. The smallest absolute Gasteiger partial charge is 0.223 e. The van der Waals surface area contributed by atoms with Crippen LogP contribution in [0.4, 0.5) is 17.6 Å². The molecule has 0 saturated carbocycles. The first-order chi connectivity index (χ1) is 8.69. The highest BCUT2D eigenvalue weighted by atomic mass is 15.2. The van der Waals surface area contributed by atoms with E-state index in [1.54, 1.807) is 19.4 Å². The Morgan fingerprint density at radius 3 is 2.67 bits per heavy atom. The van der Waals surface area contributed by atoms with Crippen molar-refractivity contribution in [2.45, 2.75) is 6.54 Å². The number of nitrogen functional groups attached to an aromatic ring is 1. The molecule has 0 radical (unpaired) electrons. The van der Waals surface area contributed by atoms with Crippen LogP contribution in [-0.2, 0) is 6.54 Å². The first kappa shape index (κ1) is 12.1. The number of nitrogens with two attached hydrogens (primary N) is 1. The summed E-state index contributed by atoms with van der Waals surface area (Å²) in [6.45, 7) is 0.738. The number of hydrogen-bond donors (Lipinski definition) is 2. The Balaban J connectivity index is 2.18. The zero-order valence-corrected chi connectivity index (χ0v) is 10.5. The zero-order chi connectivity index (χ0) is 13.0. The van der Waals surface area contributed by atoms with E-state index in [4.69, 9.17) is 5.73 Å². The average Bonchev–Trinajstić information content (AvgIpc) is 2.39. The van der Waals surface area contributed by atoms with E-state index in [9.17, 15) is 0 Å². The van der Waals surface area contributed by atoms with Crippen LogP contribution in [0.1, 0.15) is 5.56 Å². The molecular weight excluding hydrogens is 228 g/mol. The molecule has 0 spiro atoms. The second-order valence-corrected chi connectivity index (χ2v) is 3.93. The number of aromatic nitrogens is 3. The number of rotatable bonds is 4. The summed E-state index contributed by atoms with van der Waals surface area (Å²) in [5.41, 5.74) is 6.83. The second kappa shape index (κ2) is 5.31. The highest BCUT2D eigenvalue weighted by Crippen LogP contribution is 2.17. The van der Waals surface area contributed by atoms with Gasteiger partial charge in [0.15, 0.2) is 0 Å². The third-order valence-corrected chi connectivity index (χ3v) is 2.55. The quantitative estimate of drug-likeness (QED) is 0.839. The maximum absolute atomic E-state index is 5.67. The van der Waals surface area contributed by atoms with Gasteiger partial charge in [-0.25, -0.2) is 0 Å². The van der Waals surface area contributed by atoms with Gasteiger partial charge in [0.25, 0.3) is 0 Å². The SMILES string of the molecule is CNc1cc(N(C)Cc2ccncc2)nc(N)n1. The van der Waals surface area contributed by atoms with Crippen LogP contribution in [0, 0.1) is 0 Å². The molecule has 0 unspecified atom stereocenters. The third-order valence-electron chi connectivity index (χ3n) is 2.55. The van der Waals surface area contributed by atoms with Crippen LogP contribution in [0.2, 0.25) is 0 Å². The van der Waals surface area contributed by atoms with Gasteiger partial charge in [0, 0.05) is 39.1 Å². The summed E-state index contributed by atoms with van der Waals surface area (Å²) < 4.78 is 0. The van der Waals surface area contributed by atoms with Crippen molar-refractivity contribution in [3.05, 3.63) is 36.2 Å². The van der Waals surface area contributed by atoms with E-state index in [0.717, 1.165) is 17.9 Å². The fourth-order valence-electron chi connectivity index (χ4n) is 1.62. The summed E-state index contributed by atoms with van der Waals surface area (Å²) in [7, 11) is 3.76. The normalized spacial score (nSPS) is 10.1. The predicted molar refractivity (Wildman–Crippen MR) is 72.3 cm³/mol. The molecule has 94 valence electrons. The number of hydrogen-bond acceptors (Lipinski definition) is 6. The third kappa shape index (κ3) is 2.85. The largest absolute Gasteiger partial charge is 0.373 e. The predicted octanol–water partition coefficient (Wildman–Crippen LogP) is 1.13. The van der Waals surface area contributed by atoms with Crippen molar-refractivity contribution in [3.63, 3.8) is 0 Å². The Morgan fingerprint density at radius 1 is 1.28 bits per heavy atom. The molecule has 0 aliphatic heterocycles. The molecule has 0 amide bonds. The van der Waals surface area contributed by atoms with Crippen LogP contribution in [0.25, 0.3) is 0 Å². The molecule has 0 aromatic carbocycles. The van der Waals surface area contributed by atoms with Crippen molar-refractivity contribution in [3.8, 4) is 0 Å². The topological polar surface area (TPSA) is 80.0 Å². The molecule has 2 heterocycles. The van der Waals surface area contributed by atoms with Crippen LogP contribution in [0.15, 0.2) is 30.6 Å². The van der Waals surface area contributed by atoms with Crippen molar-refractivity contribution >= 4 is 17.6 Å². The zero-order valence-electron chi connectivity index (χ0n) is 10.5. The standard InChI is InChI=1S/C12H16N6/c1-14-10-7-11(17-12(13)16-10)18(2)8-9-3-5-15-6-4-9/h3-7H,8H2,1-2H3,(H3,13,14,16,17). The lowest BCUT2D eigenvalue weighted by Gasteiger charge is -2.18. The van der Waals surface area contributed by atoms with Gasteiger partial charge in [0.1, 0.15) is 11.6 Å². The van der Waals surface area contributed by atoms with Crippen molar-refractivity contribution in [1.82, 2.24) is 15.0 Å². The molecular formula is C12H16N6. The number of nitrogens with zero attached hydrogens (tertiary/aromatic N) is 4. The van der Waals surface area contributed by atoms with E-state index in [1.165, 1.54) is 0 Å². The minimum absolute atomic E-state index is 0.262. The maximum Gasteiger partial charge on any atom is 0.223 e. The maximum atomic E-state index is 5.67. The summed E-state index contributed by atoms with van der Waals surface area (Å²) in [4.78, 5) is 14.3. The molecule has 0 atom stereocenters.